The average Bonchev–Trinajstić information content (AvgIpc) is 1.58. The van der Waals surface area contributed by atoms with Crippen LogP contribution in [0.5, 0.6) is 0 Å². The molecule has 0 atom stereocenters. The number of rotatable bonds is 16. The minimum absolute atomic E-state index is 0.622. The summed E-state index contributed by atoms with van der Waals surface area (Å²) in [5.74, 6) is 2.58. The van der Waals surface area contributed by atoms with Crippen molar-refractivity contribution in [2.45, 2.75) is 0 Å². The number of fused-ring (bicyclic) bond motifs is 6. The van der Waals surface area contributed by atoms with Gasteiger partial charge in [-0.2, -0.15) is 0 Å². The molecule has 9 heteroatoms. The molecule has 0 bridgehead atoms. The van der Waals surface area contributed by atoms with Crippen molar-refractivity contribution in [2.75, 3.05) is 9.80 Å². The van der Waals surface area contributed by atoms with Crippen LogP contribution in [0.3, 0.4) is 0 Å². The summed E-state index contributed by atoms with van der Waals surface area (Å²) in [7, 11) is 0. The summed E-state index contributed by atoms with van der Waals surface area (Å²) >= 11 is 3.61. The van der Waals surface area contributed by atoms with E-state index >= 15 is 0 Å². The van der Waals surface area contributed by atoms with Gasteiger partial charge >= 0.3 is 0 Å². The smallest absolute Gasteiger partial charge is 0.164 e. The Hall–Kier alpha value is -14.4. The molecule has 0 radical (unpaired) electrons. The zero-order chi connectivity index (χ0) is 74.5. The van der Waals surface area contributed by atoms with E-state index < -0.39 is 0 Å². The van der Waals surface area contributed by atoms with Gasteiger partial charge in [-0.1, -0.05) is 328 Å². The normalized spacial score (nSPS) is 11.2. The van der Waals surface area contributed by atoms with Gasteiger partial charge in [-0.3, -0.25) is 0 Å². The van der Waals surface area contributed by atoms with Crippen LogP contribution in [0.25, 0.3) is 153 Å². The first kappa shape index (κ1) is 68.2. The summed E-state index contributed by atoms with van der Waals surface area (Å²) < 4.78 is 4.81. The van der Waals surface area contributed by atoms with E-state index in [4.69, 9.17) is 24.9 Å². The zero-order valence-electron chi connectivity index (χ0n) is 60.8. The van der Waals surface area contributed by atoms with Crippen LogP contribution in [0.1, 0.15) is 0 Å². The first-order valence-electron chi connectivity index (χ1n) is 37.5. The van der Waals surface area contributed by atoms with E-state index in [-0.39, 0.29) is 0 Å². The molecule has 20 rings (SSSR count). The highest BCUT2D eigenvalue weighted by Gasteiger charge is 2.26. The molecule has 0 unspecified atom stereocenters. The Morgan fingerprint density at radius 1 is 0.170 bits per heavy atom. The molecule has 0 saturated carbocycles. The predicted octanol–water partition coefficient (Wildman–Crippen LogP) is 28.7. The van der Waals surface area contributed by atoms with Crippen molar-refractivity contribution in [1.29, 1.82) is 0 Å². The summed E-state index contributed by atoms with van der Waals surface area (Å²) in [6, 6.07) is 147. The lowest BCUT2D eigenvalue weighted by Crippen LogP contribution is -2.11. The number of anilines is 6. The highest BCUT2D eigenvalue weighted by Crippen LogP contribution is 2.50. The standard InChI is InChI=1S/C52H35N3S.C51H34N4S/c1-5-15-36(16-6-1)38-25-29-43(30-26-38)55(44-31-27-39(28-32-44)37-17-7-2-8-18-37)48-33-42(34-50-51(48)45-23-13-14-24-49(45)56-50)52-53-46(40-19-9-3-10-20-40)35-47(54-52)41-21-11-4-12-22-41;1-5-15-35(16-6-1)37-25-29-42(30-26-37)55(43-31-27-38(28-32-43)36-17-7-2-8-18-36)45-33-41(34-47-48(45)44-23-13-14-24-46(44)56-47)51-53-49(39-19-9-3-10-20-39)52-50(54-51)40-21-11-4-12-22-40/h1-35H;1-34H. The van der Waals surface area contributed by atoms with Crippen molar-refractivity contribution < 1.29 is 0 Å². The summed E-state index contributed by atoms with van der Waals surface area (Å²) in [4.78, 5) is 30.6. The zero-order valence-corrected chi connectivity index (χ0v) is 62.4. The molecular formula is C103H69N7S2. The van der Waals surface area contributed by atoms with Gasteiger partial charge in [0.1, 0.15) is 0 Å². The highest BCUT2D eigenvalue weighted by molar-refractivity contribution is 7.26. The number of nitrogens with zero attached hydrogens (tertiary/aromatic N) is 7. The summed E-state index contributed by atoms with van der Waals surface area (Å²) in [6.07, 6.45) is 0. The summed E-state index contributed by atoms with van der Waals surface area (Å²) in [5.41, 5.74) is 23.4. The van der Waals surface area contributed by atoms with Gasteiger partial charge in [0.15, 0.2) is 23.3 Å². The molecule has 528 valence electrons. The molecule has 0 amide bonds. The Labute approximate surface area is 658 Å². The van der Waals surface area contributed by atoms with Crippen molar-refractivity contribution in [3.05, 3.63) is 419 Å². The number of aromatic nitrogens is 5. The van der Waals surface area contributed by atoms with Gasteiger partial charge in [0.2, 0.25) is 0 Å². The Kier molecular flexibility index (Phi) is 18.7. The van der Waals surface area contributed by atoms with Gasteiger partial charge in [-0.25, -0.2) is 24.9 Å². The number of hydrogen-bond donors (Lipinski definition) is 0. The van der Waals surface area contributed by atoms with E-state index in [1.165, 1.54) is 80.2 Å². The number of hydrogen-bond acceptors (Lipinski definition) is 9. The van der Waals surface area contributed by atoms with Gasteiger partial charge in [0, 0.05) is 96.5 Å². The molecule has 0 saturated heterocycles. The molecule has 20 aromatic rings. The lowest BCUT2D eigenvalue weighted by Gasteiger charge is -2.27. The van der Waals surface area contributed by atoms with E-state index in [2.05, 4.69) is 380 Å². The van der Waals surface area contributed by atoms with E-state index in [1.807, 2.05) is 59.9 Å². The molecule has 0 fully saturated rings. The first-order valence-corrected chi connectivity index (χ1v) is 39.1. The second-order valence-corrected chi connectivity index (χ2v) is 29.7. The number of benzene rings is 16. The van der Waals surface area contributed by atoms with Gasteiger partial charge in [-0.15, -0.1) is 22.7 Å². The summed E-state index contributed by atoms with van der Waals surface area (Å²) in [5, 5.41) is 4.83. The van der Waals surface area contributed by atoms with Crippen molar-refractivity contribution in [3.63, 3.8) is 0 Å². The van der Waals surface area contributed by atoms with Crippen molar-refractivity contribution in [1.82, 2.24) is 24.9 Å². The molecule has 112 heavy (non-hydrogen) atoms. The Morgan fingerprint density at radius 3 is 0.696 bits per heavy atom. The average molecular weight is 1470 g/mol. The maximum absolute atomic E-state index is 5.27. The maximum Gasteiger partial charge on any atom is 0.164 e. The minimum atomic E-state index is 0.622. The van der Waals surface area contributed by atoms with Gasteiger partial charge in [-0.05, 0) is 136 Å². The fourth-order valence-electron chi connectivity index (χ4n) is 14.9. The Balaban J connectivity index is 0.000000151. The largest absolute Gasteiger partial charge is 0.310 e. The molecule has 0 aliphatic rings. The molecular weight excluding hydrogens is 1400 g/mol. The van der Waals surface area contributed by atoms with E-state index in [0.29, 0.717) is 23.3 Å². The molecule has 4 aromatic heterocycles. The second-order valence-electron chi connectivity index (χ2n) is 27.5. The fourth-order valence-corrected chi connectivity index (χ4v) is 17.2. The molecule has 0 spiro atoms. The monoisotopic (exact) mass is 1470 g/mol. The predicted molar refractivity (Wildman–Crippen MR) is 471 cm³/mol. The van der Waals surface area contributed by atoms with Crippen LogP contribution < -0.4 is 9.80 Å². The maximum atomic E-state index is 5.27. The molecule has 0 aliphatic heterocycles. The van der Waals surface area contributed by atoms with Crippen LogP contribution in [0, 0.1) is 0 Å². The Morgan fingerprint density at radius 2 is 0.402 bits per heavy atom. The number of thiophene rings is 2. The molecule has 0 N–H and O–H groups in total. The van der Waals surface area contributed by atoms with Crippen LogP contribution in [-0.2, 0) is 0 Å². The lowest BCUT2D eigenvalue weighted by molar-refractivity contribution is 1.07. The van der Waals surface area contributed by atoms with Crippen LogP contribution in [0.2, 0.25) is 0 Å². The second kappa shape index (κ2) is 30.7. The third-order valence-corrected chi connectivity index (χ3v) is 22.6. The molecule has 0 aliphatic carbocycles. The quantitative estimate of drug-likeness (QED) is 0.0954. The third kappa shape index (κ3) is 14.0. The van der Waals surface area contributed by atoms with Crippen LogP contribution in [-0.4, -0.2) is 24.9 Å². The van der Waals surface area contributed by atoms with Crippen molar-refractivity contribution >= 4 is 97.1 Å². The van der Waals surface area contributed by atoms with Crippen molar-refractivity contribution in [3.8, 4) is 113 Å². The SMILES string of the molecule is c1ccc(-c2ccc(N(c3ccc(-c4ccccc4)cc3)c3cc(-c4nc(-c5ccccc5)cc(-c5ccccc5)n4)cc4sc5ccccc5c34)cc2)cc1.c1ccc(-c2ccc(N(c3ccc(-c4ccccc4)cc3)c3cc(-c4nc(-c5ccccc5)nc(-c5ccccc5)n4)cc4sc5ccccc5c34)cc2)cc1. The van der Waals surface area contributed by atoms with Crippen LogP contribution in [0.4, 0.5) is 34.1 Å². The van der Waals surface area contributed by atoms with E-state index in [9.17, 15) is 0 Å². The minimum Gasteiger partial charge on any atom is -0.310 e. The van der Waals surface area contributed by atoms with Crippen LogP contribution in [0.15, 0.2) is 419 Å². The Bertz CT molecular complexity index is 5980. The molecule has 7 nitrogen and oxygen atoms in total. The van der Waals surface area contributed by atoms with Crippen molar-refractivity contribution in [2.24, 2.45) is 0 Å². The topological polar surface area (TPSA) is 70.9 Å². The molecule has 16 aromatic carbocycles. The lowest BCUT2D eigenvalue weighted by atomic mass is 10.0. The van der Waals surface area contributed by atoms with Gasteiger partial charge in [0.05, 0.1) is 22.8 Å². The third-order valence-electron chi connectivity index (χ3n) is 20.4. The fraction of sp³-hybridized carbons (Fsp3) is 0. The highest BCUT2D eigenvalue weighted by atomic mass is 32.1. The molecule has 4 heterocycles. The summed E-state index contributed by atoms with van der Waals surface area (Å²) in [6.45, 7) is 0. The van der Waals surface area contributed by atoms with E-state index in [0.717, 1.165) is 83.6 Å². The van der Waals surface area contributed by atoms with Gasteiger partial charge in [0.25, 0.3) is 0 Å². The first-order chi connectivity index (χ1) is 55.5. The van der Waals surface area contributed by atoms with Crippen LogP contribution >= 0.6 is 22.7 Å². The van der Waals surface area contributed by atoms with Gasteiger partial charge < -0.3 is 9.80 Å². The van der Waals surface area contributed by atoms with E-state index in [1.54, 1.807) is 11.3 Å².